The van der Waals surface area contributed by atoms with Crippen molar-refractivity contribution in [3.05, 3.63) is 35.9 Å². The minimum absolute atomic E-state index is 0.128. The van der Waals surface area contributed by atoms with Crippen LogP contribution in [0.5, 0.6) is 0 Å². The van der Waals surface area contributed by atoms with Crippen molar-refractivity contribution in [2.75, 3.05) is 25.4 Å². The number of hydrogen-bond donors (Lipinski definition) is 5. The average Bonchev–Trinajstić information content (AvgIpc) is 3.33. The molecule has 1 aliphatic carbocycles. The molecule has 1 saturated carbocycles. The largest absolute Gasteiger partial charge is 0.391 e. The molecule has 33 heavy (non-hydrogen) atoms. The second kappa shape index (κ2) is 12.7. The Kier molecular flexibility index (Phi) is 9.93. The molecule has 4 unspecified atom stereocenters. The van der Waals surface area contributed by atoms with Crippen molar-refractivity contribution in [3.8, 4) is 0 Å². The van der Waals surface area contributed by atoms with E-state index in [2.05, 4.69) is 16.0 Å². The van der Waals surface area contributed by atoms with E-state index < -0.39 is 25.4 Å². The number of carbonyl (C=O) groups excluding carboxylic acids is 2. The van der Waals surface area contributed by atoms with Crippen LogP contribution in [0, 0.1) is 5.92 Å². The zero-order valence-electron chi connectivity index (χ0n) is 19.2. The van der Waals surface area contributed by atoms with Gasteiger partial charge in [0.25, 0.3) is 0 Å². The molecule has 4 atom stereocenters. The maximum absolute atomic E-state index is 12.9. The van der Waals surface area contributed by atoms with Gasteiger partial charge in [0.05, 0.1) is 18.3 Å². The van der Waals surface area contributed by atoms with Gasteiger partial charge in [-0.05, 0) is 43.7 Å². The Morgan fingerprint density at radius 2 is 1.82 bits per heavy atom. The summed E-state index contributed by atoms with van der Waals surface area (Å²) < 4.78 is 12.6. The SMILES string of the molecule is O=C(NC(Cc1ccccc1)C(=O)NCC(O)CP(=O)(O)CC1CCCCC1)C1CCCN1. The Morgan fingerprint density at radius 3 is 2.48 bits per heavy atom. The number of aliphatic hydroxyl groups excluding tert-OH is 1. The normalized spacial score (nSPS) is 22.8. The summed E-state index contributed by atoms with van der Waals surface area (Å²) in [5.74, 6) is -0.383. The van der Waals surface area contributed by atoms with Gasteiger partial charge in [0.15, 0.2) is 0 Å². The molecule has 3 rings (SSSR count). The van der Waals surface area contributed by atoms with Gasteiger partial charge in [0.1, 0.15) is 6.04 Å². The highest BCUT2D eigenvalue weighted by Crippen LogP contribution is 2.45. The van der Waals surface area contributed by atoms with E-state index in [4.69, 9.17) is 0 Å². The van der Waals surface area contributed by atoms with Crippen molar-refractivity contribution >= 4 is 19.2 Å². The lowest BCUT2D eigenvalue weighted by Crippen LogP contribution is -2.53. The zero-order valence-corrected chi connectivity index (χ0v) is 20.1. The van der Waals surface area contributed by atoms with Gasteiger partial charge in [-0.3, -0.25) is 14.2 Å². The van der Waals surface area contributed by atoms with Crippen LogP contribution in [0.25, 0.3) is 0 Å². The minimum atomic E-state index is -3.47. The molecule has 0 bridgehead atoms. The fraction of sp³-hybridized carbons (Fsp3) is 0.667. The maximum atomic E-state index is 12.9. The van der Waals surface area contributed by atoms with Crippen LogP contribution in [0.4, 0.5) is 0 Å². The molecule has 5 N–H and O–H groups in total. The first-order chi connectivity index (χ1) is 15.8. The quantitative estimate of drug-likeness (QED) is 0.308. The molecule has 184 valence electrons. The second-order valence-corrected chi connectivity index (χ2v) is 11.9. The summed E-state index contributed by atoms with van der Waals surface area (Å²) in [5.41, 5.74) is 0.908. The van der Waals surface area contributed by atoms with Crippen molar-refractivity contribution in [1.29, 1.82) is 0 Å². The third kappa shape index (κ3) is 8.85. The standard InChI is InChI=1S/C24H38N3O5P/c28-20(17-33(31,32)16-19-10-5-2-6-11-19)15-26-23(29)22(14-18-8-3-1-4-9-18)27-24(30)21-12-7-13-25-21/h1,3-4,8-9,19-22,25,28H,2,5-7,10-17H2,(H,26,29)(H,27,30)(H,31,32). The smallest absolute Gasteiger partial charge is 0.243 e. The van der Waals surface area contributed by atoms with E-state index in [1.54, 1.807) is 0 Å². The van der Waals surface area contributed by atoms with Crippen molar-refractivity contribution in [2.45, 2.75) is 69.6 Å². The molecule has 0 spiro atoms. The molecule has 2 aliphatic rings. The van der Waals surface area contributed by atoms with Crippen molar-refractivity contribution in [1.82, 2.24) is 16.0 Å². The van der Waals surface area contributed by atoms with Gasteiger partial charge in [-0.25, -0.2) is 0 Å². The Balaban J connectivity index is 1.52. The third-order valence-electron chi connectivity index (χ3n) is 6.57. The Hall–Kier alpha value is -1.73. The van der Waals surface area contributed by atoms with Crippen LogP contribution in [-0.4, -0.2) is 65.4 Å². The van der Waals surface area contributed by atoms with Gasteiger partial charge < -0.3 is 26.0 Å². The number of aliphatic hydroxyl groups is 1. The number of hydrogen-bond acceptors (Lipinski definition) is 5. The van der Waals surface area contributed by atoms with Crippen LogP contribution in [0.15, 0.2) is 30.3 Å². The van der Waals surface area contributed by atoms with Gasteiger partial charge in [0.2, 0.25) is 19.2 Å². The first-order valence-electron chi connectivity index (χ1n) is 12.2. The van der Waals surface area contributed by atoms with E-state index >= 15 is 0 Å². The Morgan fingerprint density at radius 1 is 1.09 bits per heavy atom. The molecule has 0 radical (unpaired) electrons. The van der Waals surface area contributed by atoms with Gasteiger partial charge in [-0.15, -0.1) is 0 Å². The van der Waals surface area contributed by atoms with Crippen LogP contribution >= 0.6 is 7.37 Å². The van der Waals surface area contributed by atoms with Crippen LogP contribution in [-0.2, 0) is 20.6 Å². The van der Waals surface area contributed by atoms with Gasteiger partial charge in [-0.1, -0.05) is 49.6 Å². The maximum Gasteiger partial charge on any atom is 0.243 e. The molecule has 1 aromatic rings. The summed E-state index contributed by atoms with van der Waals surface area (Å²) in [7, 11) is -3.47. The molecule has 9 heteroatoms. The lowest BCUT2D eigenvalue weighted by atomic mass is 9.91. The molecule has 1 heterocycles. The predicted molar refractivity (Wildman–Crippen MR) is 128 cm³/mol. The van der Waals surface area contributed by atoms with Gasteiger partial charge in [-0.2, -0.15) is 0 Å². The number of nitrogens with one attached hydrogen (secondary N) is 3. The molecule has 1 aromatic carbocycles. The number of rotatable bonds is 11. The number of carbonyl (C=O) groups is 2. The summed E-state index contributed by atoms with van der Waals surface area (Å²) in [4.78, 5) is 35.9. The van der Waals surface area contributed by atoms with E-state index in [1.165, 1.54) is 6.42 Å². The first kappa shape index (κ1) is 25.9. The minimum Gasteiger partial charge on any atom is -0.391 e. The molecule has 2 amide bonds. The monoisotopic (exact) mass is 479 g/mol. The first-order valence-corrected chi connectivity index (χ1v) is 14.2. The van der Waals surface area contributed by atoms with E-state index in [-0.39, 0.29) is 36.7 Å². The Labute approximate surface area is 196 Å². The van der Waals surface area contributed by atoms with E-state index in [0.29, 0.717) is 6.42 Å². The lowest BCUT2D eigenvalue weighted by Gasteiger charge is -2.25. The van der Waals surface area contributed by atoms with E-state index in [1.807, 2.05) is 30.3 Å². The number of amides is 2. The average molecular weight is 480 g/mol. The third-order valence-corrected chi connectivity index (χ3v) is 8.65. The molecular formula is C24H38N3O5P. The topological polar surface area (TPSA) is 128 Å². The lowest BCUT2D eigenvalue weighted by molar-refractivity contribution is -0.130. The molecule has 0 aromatic heterocycles. The summed E-state index contributed by atoms with van der Waals surface area (Å²) in [5, 5.41) is 19.0. The highest BCUT2D eigenvalue weighted by Gasteiger charge is 2.30. The number of benzene rings is 1. The fourth-order valence-corrected chi connectivity index (χ4v) is 6.93. The van der Waals surface area contributed by atoms with Crippen LogP contribution in [0.3, 0.4) is 0 Å². The fourth-order valence-electron chi connectivity index (χ4n) is 4.82. The molecule has 2 fully saturated rings. The van der Waals surface area contributed by atoms with Crippen molar-refractivity contribution < 1.29 is 24.2 Å². The van der Waals surface area contributed by atoms with E-state index in [9.17, 15) is 24.2 Å². The second-order valence-electron chi connectivity index (χ2n) is 9.51. The summed E-state index contributed by atoms with van der Waals surface area (Å²) in [6, 6.07) is 8.32. The van der Waals surface area contributed by atoms with Crippen LogP contribution < -0.4 is 16.0 Å². The van der Waals surface area contributed by atoms with Crippen molar-refractivity contribution in [2.24, 2.45) is 5.92 Å². The molecule has 1 aliphatic heterocycles. The van der Waals surface area contributed by atoms with Crippen LogP contribution in [0.1, 0.15) is 50.5 Å². The summed E-state index contributed by atoms with van der Waals surface area (Å²) in [6.07, 6.45) is 6.16. The Bertz CT molecular complexity index is 810. The van der Waals surface area contributed by atoms with Gasteiger partial charge in [0, 0.05) is 19.1 Å². The molecule has 8 nitrogen and oxygen atoms in total. The van der Waals surface area contributed by atoms with E-state index in [0.717, 1.165) is 50.6 Å². The molecule has 1 saturated heterocycles. The molecular weight excluding hydrogens is 441 g/mol. The highest BCUT2D eigenvalue weighted by atomic mass is 31.2. The highest BCUT2D eigenvalue weighted by molar-refractivity contribution is 7.58. The zero-order chi connectivity index (χ0) is 23.7. The predicted octanol–water partition coefficient (Wildman–Crippen LogP) is 1.79. The van der Waals surface area contributed by atoms with Crippen LogP contribution in [0.2, 0.25) is 0 Å². The van der Waals surface area contributed by atoms with Gasteiger partial charge >= 0.3 is 0 Å². The summed E-state index contributed by atoms with van der Waals surface area (Å²) in [6.45, 7) is 0.652. The summed E-state index contributed by atoms with van der Waals surface area (Å²) >= 11 is 0. The van der Waals surface area contributed by atoms with Crippen molar-refractivity contribution in [3.63, 3.8) is 0 Å².